The van der Waals surface area contributed by atoms with Crippen LogP contribution >= 0.6 is 0 Å². The molecule has 0 saturated heterocycles. The van der Waals surface area contributed by atoms with Crippen molar-refractivity contribution >= 4 is 12.4 Å². The van der Waals surface area contributed by atoms with Gasteiger partial charge >= 0.3 is 58.4 Å². The van der Waals surface area contributed by atoms with Crippen LogP contribution in [0.1, 0.15) is 18.9 Å². The first-order valence-corrected chi connectivity index (χ1v) is 5.03. The molecule has 1 aromatic carbocycles. The summed E-state index contributed by atoms with van der Waals surface area (Å²) < 4.78 is 36.8. The van der Waals surface area contributed by atoms with Crippen molar-refractivity contribution in [3.8, 4) is 0 Å². The molecule has 0 atom stereocenters. The third kappa shape index (κ3) is 5.84. The summed E-state index contributed by atoms with van der Waals surface area (Å²) in [6.45, 7) is -1.31. The molecule has 0 unspecified atom stereocenters. The molecule has 1 rings (SSSR count). The van der Waals surface area contributed by atoms with Crippen LogP contribution in [0.4, 0.5) is 12.9 Å². The van der Waals surface area contributed by atoms with Gasteiger partial charge in [0.1, 0.15) is 0 Å². The van der Waals surface area contributed by atoms with Crippen LogP contribution in [0.3, 0.4) is 0 Å². The summed E-state index contributed by atoms with van der Waals surface area (Å²) in [5.74, 6) is 0. The molecule has 84 valence electrons. The molecular formula is C10H14BF3KN. The predicted octanol–water partition coefficient (Wildman–Crippen LogP) is -0.755. The molecule has 0 aliphatic rings. The largest absolute Gasteiger partial charge is 1.00 e. The van der Waals surface area contributed by atoms with Crippen molar-refractivity contribution in [3.05, 3.63) is 29.8 Å². The zero-order valence-electron chi connectivity index (χ0n) is 9.64. The smallest absolute Gasteiger partial charge is 0.445 e. The molecule has 0 aromatic heterocycles. The molecule has 0 aliphatic heterocycles. The molecule has 0 aliphatic carbocycles. The Labute approximate surface area is 137 Å². The van der Waals surface area contributed by atoms with Crippen molar-refractivity contribution in [2.75, 3.05) is 6.54 Å². The Balaban J connectivity index is 0.00000225. The van der Waals surface area contributed by atoms with Crippen LogP contribution in [0.25, 0.3) is 0 Å². The van der Waals surface area contributed by atoms with E-state index in [1.165, 1.54) is 12.1 Å². The van der Waals surface area contributed by atoms with Gasteiger partial charge in [0.2, 0.25) is 0 Å². The van der Waals surface area contributed by atoms with Gasteiger partial charge in [-0.05, 0) is 18.5 Å². The van der Waals surface area contributed by atoms with Gasteiger partial charge < -0.3 is 18.3 Å². The van der Waals surface area contributed by atoms with E-state index in [-0.39, 0.29) is 51.4 Å². The van der Waals surface area contributed by atoms with Gasteiger partial charge in [-0.2, -0.15) is 0 Å². The number of halogens is 3. The third-order valence-corrected chi connectivity index (χ3v) is 2.11. The third-order valence-electron chi connectivity index (χ3n) is 2.11. The molecule has 0 fully saturated rings. The molecular weight excluding hydrogens is 241 g/mol. The number of rotatable bonds is 5. The Hall–Kier alpha value is 0.671. The topological polar surface area (TPSA) is 12.0 Å². The van der Waals surface area contributed by atoms with Crippen LogP contribution in [0.15, 0.2) is 24.3 Å². The van der Waals surface area contributed by atoms with Crippen molar-refractivity contribution in [1.29, 1.82) is 0 Å². The fourth-order valence-corrected chi connectivity index (χ4v) is 1.26. The summed E-state index contributed by atoms with van der Waals surface area (Å²) in [6.07, 6.45) is 1.02. The second kappa shape index (κ2) is 7.89. The maximum atomic E-state index is 12.3. The minimum Gasteiger partial charge on any atom is -0.445 e. The van der Waals surface area contributed by atoms with E-state index in [1.54, 1.807) is 0 Å². The fraction of sp³-hybridized carbons (Fsp3) is 0.400. The van der Waals surface area contributed by atoms with E-state index >= 15 is 0 Å². The second-order valence-electron chi connectivity index (χ2n) is 3.49. The first kappa shape index (κ1) is 16.7. The van der Waals surface area contributed by atoms with Crippen molar-refractivity contribution in [1.82, 2.24) is 5.32 Å². The number of nitrogens with one attached hydrogen (secondary N) is 1. The van der Waals surface area contributed by atoms with E-state index in [2.05, 4.69) is 5.32 Å². The van der Waals surface area contributed by atoms with Gasteiger partial charge in [0.05, 0.1) is 0 Å². The Kier molecular flexibility index (Phi) is 8.23. The molecule has 0 radical (unpaired) electrons. The predicted molar refractivity (Wildman–Crippen MR) is 57.2 cm³/mol. The van der Waals surface area contributed by atoms with Gasteiger partial charge in [-0.15, -0.1) is 5.46 Å². The summed E-state index contributed by atoms with van der Waals surface area (Å²) in [5, 5.41) is 3.13. The van der Waals surface area contributed by atoms with Crippen molar-refractivity contribution in [2.45, 2.75) is 19.9 Å². The Morgan fingerprint density at radius 1 is 1.12 bits per heavy atom. The fourth-order valence-electron chi connectivity index (χ4n) is 1.26. The van der Waals surface area contributed by atoms with Crippen molar-refractivity contribution in [3.63, 3.8) is 0 Å². The second-order valence-corrected chi connectivity index (χ2v) is 3.49. The van der Waals surface area contributed by atoms with Gasteiger partial charge in [0, 0.05) is 6.54 Å². The molecule has 1 N–H and O–H groups in total. The molecule has 0 heterocycles. The van der Waals surface area contributed by atoms with Crippen LogP contribution in [-0.4, -0.2) is 13.5 Å². The molecule has 0 amide bonds. The molecule has 0 saturated carbocycles. The SMILES string of the molecule is CCCNCc1ccc([B-](F)(F)F)cc1.[K+]. The van der Waals surface area contributed by atoms with Crippen LogP contribution in [0.5, 0.6) is 0 Å². The zero-order valence-corrected chi connectivity index (χ0v) is 12.8. The molecule has 16 heavy (non-hydrogen) atoms. The van der Waals surface area contributed by atoms with E-state index in [0.29, 0.717) is 6.54 Å². The number of hydrogen-bond donors (Lipinski definition) is 1. The number of hydrogen-bond acceptors (Lipinski definition) is 1. The van der Waals surface area contributed by atoms with Crippen LogP contribution < -0.4 is 62.2 Å². The molecule has 0 bridgehead atoms. The van der Waals surface area contributed by atoms with E-state index in [1.807, 2.05) is 6.92 Å². The summed E-state index contributed by atoms with van der Waals surface area (Å²) in [5.41, 5.74) is 0.349. The van der Waals surface area contributed by atoms with Gasteiger partial charge in [0.25, 0.3) is 0 Å². The van der Waals surface area contributed by atoms with Gasteiger partial charge in [0.15, 0.2) is 0 Å². The van der Waals surface area contributed by atoms with Gasteiger partial charge in [-0.1, -0.05) is 31.2 Å². The van der Waals surface area contributed by atoms with E-state index in [0.717, 1.165) is 30.7 Å². The maximum Gasteiger partial charge on any atom is 1.00 e. The minimum absolute atomic E-state index is 0. The quantitative estimate of drug-likeness (QED) is 0.539. The molecule has 1 aromatic rings. The molecule has 0 spiro atoms. The maximum absolute atomic E-state index is 12.3. The average molecular weight is 255 g/mol. The minimum atomic E-state index is -4.86. The Bertz CT molecular complexity index is 300. The summed E-state index contributed by atoms with van der Waals surface area (Å²) in [6, 6.07) is 5.33. The summed E-state index contributed by atoms with van der Waals surface area (Å²) >= 11 is 0. The van der Waals surface area contributed by atoms with E-state index in [4.69, 9.17) is 0 Å². The van der Waals surface area contributed by atoms with Crippen molar-refractivity contribution in [2.24, 2.45) is 0 Å². The standard InChI is InChI=1S/C10H14BF3N.K/c1-2-7-15-8-9-3-5-10(6-4-9)11(12,13)14;/h3-6,15H,2,7-8H2,1H3;/q-1;+1. The first-order valence-electron chi connectivity index (χ1n) is 5.03. The van der Waals surface area contributed by atoms with Gasteiger partial charge in [-0.25, -0.2) is 0 Å². The van der Waals surface area contributed by atoms with Crippen LogP contribution in [0, 0.1) is 0 Å². The number of benzene rings is 1. The van der Waals surface area contributed by atoms with E-state index in [9.17, 15) is 12.9 Å². The van der Waals surface area contributed by atoms with Gasteiger partial charge in [-0.3, -0.25) is 0 Å². The summed E-state index contributed by atoms with van der Waals surface area (Å²) in [4.78, 5) is 0. The van der Waals surface area contributed by atoms with Crippen LogP contribution in [-0.2, 0) is 6.54 Å². The normalized spacial score (nSPS) is 11.0. The Morgan fingerprint density at radius 2 is 1.69 bits per heavy atom. The summed E-state index contributed by atoms with van der Waals surface area (Å²) in [7, 11) is 0. The van der Waals surface area contributed by atoms with Crippen molar-refractivity contribution < 1.29 is 64.3 Å². The average Bonchev–Trinajstić information content (AvgIpc) is 2.18. The van der Waals surface area contributed by atoms with Crippen LogP contribution in [0.2, 0.25) is 0 Å². The molecule has 6 heteroatoms. The first-order chi connectivity index (χ1) is 7.04. The van der Waals surface area contributed by atoms with E-state index < -0.39 is 12.4 Å². The monoisotopic (exact) mass is 255 g/mol. The Morgan fingerprint density at radius 3 is 2.12 bits per heavy atom. The zero-order chi connectivity index (χ0) is 11.3. The molecule has 1 nitrogen and oxygen atoms in total.